The summed E-state index contributed by atoms with van der Waals surface area (Å²) >= 11 is 3.44. The molecule has 0 radical (unpaired) electrons. The molecule has 2 aliphatic carbocycles. The molecule has 3 atom stereocenters. The Balaban J connectivity index is 1.45. The summed E-state index contributed by atoms with van der Waals surface area (Å²) in [4.78, 5) is 19.7. The Bertz CT molecular complexity index is 738. The molecule has 166 valence electrons. The number of anilines is 1. The smallest absolute Gasteiger partial charge is 0.256 e. The number of aliphatic hydroxyl groups excluding tert-OH is 1. The number of rotatable bonds is 7. The Labute approximate surface area is 187 Å². The summed E-state index contributed by atoms with van der Waals surface area (Å²) in [6.45, 7) is 1.63. The Morgan fingerprint density at radius 3 is 2.73 bits per heavy atom. The Kier molecular flexibility index (Phi) is 7.28. The molecule has 1 saturated heterocycles. The van der Waals surface area contributed by atoms with E-state index < -0.39 is 0 Å². The zero-order chi connectivity index (χ0) is 21.1. The molecule has 5 N–H and O–H groups in total. The van der Waals surface area contributed by atoms with Crippen molar-refractivity contribution in [2.24, 2.45) is 17.6 Å². The monoisotopic (exact) mass is 479 g/mol. The van der Waals surface area contributed by atoms with Crippen LogP contribution in [0.4, 0.5) is 5.82 Å². The van der Waals surface area contributed by atoms with E-state index in [0.717, 1.165) is 30.3 Å². The standard InChI is InChI=1S/C22H34BrN5O2/c23-16-10-18(22(30)27-20(24)14-6-7-14)21(25-11-16)28-9-8-19(15(12-28)13-29)26-17-4-2-1-3-5-17/h10-11,14-15,17,19-20,26,29H,1-9,12-13,24H2,(H,27,30)/t15?,19?,20-/m1/s1. The Hall–Kier alpha value is -1.22. The molecule has 0 bridgehead atoms. The van der Waals surface area contributed by atoms with Crippen LogP contribution < -0.4 is 21.3 Å². The van der Waals surface area contributed by atoms with Crippen LogP contribution in [-0.4, -0.2) is 53.9 Å². The van der Waals surface area contributed by atoms with Crippen LogP contribution in [0.15, 0.2) is 16.7 Å². The number of hydrogen-bond acceptors (Lipinski definition) is 6. The minimum atomic E-state index is -0.306. The van der Waals surface area contributed by atoms with E-state index in [1.165, 1.54) is 32.1 Å². The second-order valence-electron chi connectivity index (χ2n) is 9.15. The van der Waals surface area contributed by atoms with Crippen LogP contribution in [0, 0.1) is 11.8 Å². The van der Waals surface area contributed by atoms with Crippen LogP contribution in [-0.2, 0) is 0 Å². The van der Waals surface area contributed by atoms with Crippen LogP contribution in [0.2, 0.25) is 0 Å². The van der Waals surface area contributed by atoms with Crippen LogP contribution in [0.5, 0.6) is 0 Å². The average Bonchev–Trinajstić information content (AvgIpc) is 3.60. The normalized spacial score (nSPS) is 26.4. The largest absolute Gasteiger partial charge is 0.396 e. The fourth-order valence-electron chi connectivity index (χ4n) is 4.85. The van der Waals surface area contributed by atoms with Crippen LogP contribution in [0.1, 0.15) is 61.7 Å². The van der Waals surface area contributed by atoms with Gasteiger partial charge >= 0.3 is 0 Å². The van der Waals surface area contributed by atoms with E-state index in [1.54, 1.807) is 6.20 Å². The predicted octanol–water partition coefficient (Wildman–Crippen LogP) is 2.38. The lowest BCUT2D eigenvalue weighted by atomic mass is 9.89. The number of aromatic nitrogens is 1. The predicted molar refractivity (Wildman–Crippen MR) is 121 cm³/mol. The van der Waals surface area contributed by atoms with E-state index in [2.05, 4.69) is 36.4 Å². The lowest BCUT2D eigenvalue weighted by Gasteiger charge is -2.41. The number of amides is 1. The Morgan fingerprint density at radius 1 is 1.27 bits per heavy atom. The molecular weight excluding hydrogens is 446 g/mol. The summed E-state index contributed by atoms with van der Waals surface area (Å²) in [6, 6.07) is 2.70. The van der Waals surface area contributed by atoms with Gasteiger partial charge in [0, 0.05) is 48.4 Å². The second-order valence-corrected chi connectivity index (χ2v) is 10.1. The molecule has 1 aromatic heterocycles. The molecule has 30 heavy (non-hydrogen) atoms. The van der Waals surface area contributed by atoms with Gasteiger partial charge in [0.1, 0.15) is 5.82 Å². The first-order chi connectivity index (χ1) is 14.5. The van der Waals surface area contributed by atoms with Gasteiger partial charge in [0.15, 0.2) is 0 Å². The van der Waals surface area contributed by atoms with Crippen molar-refractivity contribution in [3.05, 3.63) is 22.3 Å². The summed E-state index contributed by atoms with van der Waals surface area (Å²) in [5.41, 5.74) is 6.65. The highest BCUT2D eigenvalue weighted by molar-refractivity contribution is 9.10. The van der Waals surface area contributed by atoms with Crippen molar-refractivity contribution < 1.29 is 9.90 Å². The summed E-state index contributed by atoms with van der Waals surface area (Å²) in [5.74, 6) is 1.00. The van der Waals surface area contributed by atoms with Gasteiger partial charge in [0.05, 0.1) is 11.7 Å². The molecule has 1 aromatic rings. The third-order valence-electron chi connectivity index (χ3n) is 6.83. The number of aliphatic hydroxyl groups is 1. The first-order valence-corrected chi connectivity index (χ1v) is 12.2. The van der Waals surface area contributed by atoms with Crippen molar-refractivity contribution in [2.75, 3.05) is 24.6 Å². The van der Waals surface area contributed by atoms with E-state index in [4.69, 9.17) is 5.73 Å². The highest BCUT2D eigenvalue weighted by Gasteiger charge is 2.34. The zero-order valence-corrected chi connectivity index (χ0v) is 19.1. The Morgan fingerprint density at radius 2 is 2.03 bits per heavy atom. The SMILES string of the molecule is N[C@H](NC(=O)c1cc(Br)cnc1N1CCC(NC2CCCCC2)C(CO)C1)C1CC1. The number of nitrogens with one attached hydrogen (secondary N) is 2. The second kappa shape index (κ2) is 9.94. The summed E-state index contributed by atoms with van der Waals surface area (Å²) in [5, 5.41) is 16.8. The molecule has 4 rings (SSSR count). The molecule has 2 heterocycles. The minimum absolute atomic E-state index is 0.121. The van der Waals surface area contributed by atoms with E-state index >= 15 is 0 Å². The molecule has 7 nitrogen and oxygen atoms in total. The van der Waals surface area contributed by atoms with Crippen molar-refractivity contribution in [3.8, 4) is 0 Å². The van der Waals surface area contributed by atoms with Gasteiger partial charge in [-0.2, -0.15) is 0 Å². The van der Waals surface area contributed by atoms with Crippen LogP contribution in [0.3, 0.4) is 0 Å². The molecule has 3 aliphatic rings. The lowest BCUT2D eigenvalue weighted by molar-refractivity contribution is 0.0933. The third kappa shape index (κ3) is 5.33. The molecule has 0 spiro atoms. The van der Waals surface area contributed by atoms with E-state index in [0.29, 0.717) is 35.9 Å². The van der Waals surface area contributed by atoms with Gasteiger partial charge in [-0.1, -0.05) is 19.3 Å². The van der Waals surface area contributed by atoms with E-state index in [-0.39, 0.29) is 24.6 Å². The van der Waals surface area contributed by atoms with Gasteiger partial charge in [-0.25, -0.2) is 4.98 Å². The van der Waals surface area contributed by atoms with Crippen LogP contribution >= 0.6 is 15.9 Å². The first-order valence-electron chi connectivity index (χ1n) is 11.4. The number of carbonyl (C=O) groups excluding carboxylic acids is 1. The van der Waals surface area contributed by atoms with Crippen molar-refractivity contribution in [2.45, 2.75) is 69.6 Å². The summed E-state index contributed by atoms with van der Waals surface area (Å²) in [6.07, 6.45) is 10.9. The number of nitrogens with two attached hydrogens (primary N) is 1. The van der Waals surface area contributed by atoms with E-state index in [9.17, 15) is 9.90 Å². The van der Waals surface area contributed by atoms with Crippen molar-refractivity contribution in [3.63, 3.8) is 0 Å². The number of halogens is 1. The maximum atomic E-state index is 12.9. The molecular formula is C22H34BrN5O2. The van der Waals surface area contributed by atoms with Gasteiger partial charge < -0.3 is 26.4 Å². The maximum absolute atomic E-state index is 12.9. The number of carbonyl (C=O) groups is 1. The van der Waals surface area contributed by atoms with Crippen molar-refractivity contribution >= 4 is 27.7 Å². The first kappa shape index (κ1) is 22.0. The molecule has 1 amide bonds. The average molecular weight is 480 g/mol. The van der Waals surface area contributed by atoms with Crippen molar-refractivity contribution in [1.29, 1.82) is 0 Å². The molecule has 0 aromatic carbocycles. The third-order valence-corrected chi connectivity index (χ3v) is 7.26. The van der Waals surface area contributed by atoms with Gasteiger partial charge in [0.2, 0.25) is 0 Å². The van der Waals surface area contributed by atoms with Crippen molar-refractivity contribution in [1.82, 2.24) is 15.6 Å². The highest BCUT2D eigenvalue weighted by Crippen LogP contribution is 2.32. The number of piperidine rings is 1. The van der Waals surface area contributed by atoms with Crippen LogP contribution in [0.25, 0.3) is 0 Å². The quantitative estimate of drug-likeness (QED) is 0.447. The molecule has 3 fully saturated rings. The molecule has 8 heteroatoms. The molecule has 2 unspecified atom stereocenters. The minimum Gasteiger partial charge on any atom is -0.396 e. The highest BCUT2D eigenvalue weighted by atomic mass is 79.9. The fourth-order valence-corrected chi connectivity index (χ4v) is 5.19. The summed E-state index contributed by atoms with van der Waals surface area (Å²) in [7, 11) is 0. The number of nitrogens with zero attached hydrogens (tertiary/aromatic N) is 2. The molecule has 1 aliphatic heterocycles. The van der Waals surface area contributed by atoms with Gasteiger partial charge in [-0.15, -0.1) is 0 Å². The van der Waals surface area contributed by atoms with Gasteiger partial charge in [-0.05, 0) is 60.0 Å². The number of pyridine rings is 1. The van der Waals surface area contributed by atoms with E-state index in [1.807, 2.05) is 6.07 Å². The zero-order valence-electron chi connectivity index (χ0n) is 17.5. The molecule has 2 saturated carbocycles. The maximum Gasteiger partial charge on any atom is 0.256 e. The van der Waals surface area contributed by atoms with Gasteiger partial charge in [0.25, 0.3) is 5.91 Å². The lowest BCUT2D eigenvalue weighted by Crippen LogP contribution is -2.54. The fraction of sp³-hybridized carbons (Fsp3) is 0.727. The summed E-state index contributed by atoms with van der Waals surface area (Å²) < 4.78 is 0.768. The van der Waals surface area contributed by atoms with Gasteiger partial charge in [-0.3, -0.25) is 4.79 Å². The topological polar surface area (TPSA) is 104 Å². The number of hydrogen-bond donors (Lipinski definition) is 4.